The van der Waals surface area contributed by atoms with Gasteiger partial charge in [0.1, 0.15) is 5.69 Å². The number of nitrogens with two attached hydrogens (primary N) is 1. The Morgan fingerprint density at radius 3 is 2.32 bits per heavy atom. The molecule has 9 heteroatoms. The number of amides is 2. The Balaban J connectivity index is 1.40. The lowest BCUT2D eigenvalue weighted by Gasteiger charge is -2.39. The van der Waals surface area contributed by atoms with Gasteiger partial charge in [0.15, 0.2) is 0 Å². The number of piperazine rings is 1. The molecule has 0 saturated carbocycles. The molecule has 4 rings (SSSR count). The van der Waals surface area contributed by atoms with Gasteiger partial charge in [-0.15, -0.1) is 0 Å². The van der Waals surface area contributed by atoms with Crippen LogP contribution in [-0.4, -0.2) is 65.3 Å². The first-order valence-electron chi connectivity index (χ1n) is 10.3. The quantitative estimate of drug-likeness (QED) is 0.570. The van der Waals surface area contributed by atoms with Crippen molar-refractivity contribution < 1.29 is 14.5 Å². The minimum atomic E-state index is -0.507. The van der Waals surface area contributed by atoms with Crippen molar-refractivity contribution in [3.63, 3.8) is 0 Å². The second-order valence-corrected chi connectivity index (χ2v) is 7.91. The Bertz CT molecular complexity index is 1000. The number of carbonyl (C=O) groups excluding carboxylic acids is 2. The molecule has 0 spiro atoms. The number of rotatable bonds is 5. The summed E-state index contributed by atoms with van der Waals surface area (Å²) >= 11 is 0. The predicted molar refractivity (Wildman–Crippen MR) is 115 cm³/mol. The number of anilines is 1. The van der Waals surface area contributed by atoms with Gasteiger partial charge in [0.25, 0.3) is 5.69 Å². The van der Waals surface area contributed by atoms with Crippen molar-refractivity contribution in [3.8, 4) is 0 Å². The van der Waals surface area contributed by atoms with E-state index in [1.165, 1.54) is 6.07 Å². The van der Waals surface area contributed by atoms with Crippen molar-refractivity contribution in [1.29, 1.82) is 0 Å². The molecule has 31 heavy (non-hydrogen) atoms. The predicted octanol–water partition coefficient (Wildman–Crippen LogP) is 1.16. The third kappa shape index (κ3) is 4.36. The van der Waals surface area contributed by atoms with E-state index in [-0.39, 0.29) is 23.1 Å². The highest BCUT2D eigenvalue weighted by molar-refractivity contribution is 5.83. The van der Waals surface area contributed by atoms with Crippen LogP contribution >= 0.6 is 0 Å². The zero-order valence-electron chi connectivity index (χ0n) is 17.1. The summed E-state index contributed by atoms with van der Waals surface area (Å²) in [7, 11) is 0. The van der Waals surface area contributed by atoms with Crippen molar-refractivity contribution in [3.05, 3.63) is 69.8 Å². The van der Waals surface area contributed by atoms with Crippen LogP contribution in [0.5, 0.6) is 0 Å². The highest BCUT2D eigenvalue weighted by atomic mass is 16.6. The normalized spacial score (nSPS) is 19.0. The monoisotopic (exact) mass is 423 g/mol. The molecular formula is C22H25N5O4. The van der Waals surface area contributed by atoms with Crippen molar-refractivity contribution in [2.75, 3.05) is 37.6 Å². The van der Waals surface area contributed by atoms with Gasteiger partial charge in [0, 0.05) is 38.8 Å². The van der Waals surface area contributed by atoms with E-state index in [4.69, 9.17) is 5.73 Å². The number of hydrogen-bond donors (Lipinski definition) is 1. The van der Waals surface area contributed by atoms with Crippen LogP contribution in [0.2, 0.25) is 0 Å². The van der Waals surface area contributed by atoms with Crippen LogP contribution in [0.15, 0.2) is 48.5 Å². The first-order valence-corrected chi connectivity index (χ1v) is 10.3. The van der Waals surface area contributed by atoms with Crippen LogP contribution < -0.4 is 10.6 Å². The molecule has 0 radical (unpaired) electrons. The lowest BCUT2D eigenvalue weighted by molar-refractivity contribution is -0.384. The molecule has 2 amide bonds. The smallest absolute Gasteiger partial charge is 0.292 e. The summed E-state index contributed by atoms with van der Waals surface area (Å²) in [5.41, 5.74) is 8.46. The molecule has 2 aromatic carbocycles. The minimum Gasteiger partial charge on any atom is -0.368 e. The summed E-state index contributed by atoms with van der Waals surface area (Å²) < 4.78 is 0. The van der Waals surface area contributed by atoms with Crippen molar-refractivity contribution in [2.45, 2.75) is 19.0 Å². The molecule has 0 aliphatic carbocycles. The van der Waals surface area contributed by atoms with Gasteiger partial charge >= 0.3 is 0 Å². The number of carbonyl (C=O) groups is 2. The molecular weight excluding hydrogens is 398 g/mol. The molecule has 162 valence electrons. The molecule has 0 unspecified atom stereocenters. The molecule has 2 N–H and O–H groups in total. The van der Waals surface area contributed by atoms with Crippen LogP contribution in [0.1, 0.15) is 11.1 Å². The second kappa shape index (κ2) is 8.73. The number of benzene rings is 2. The molecule has 2 aromatic rings. The van der Waals surface area contributed by atoms with Crippen molar-refractivity contribution in [2.24, 2.45) is 5.73 Å². The van der Waals surface area contributed by atoms with Gasteiger partial charge in [-0.05, 0) is 23.6 Å². The topological polar surface area (TPSA) is 113 Å². The van der Waals surface area contributed by atoms with Gasteiger partial charge in [-0.1, -0.05) is 36.4 Å². The molecule has 1 saturated heterocycles. The minimum absolute atomic E-state index is 0.0622. The van der Waals surface area contributed by atoms with Gasteiger partial charge in [-0.3, -0.25) is 24.6 Å². The largest absolute Gasteiger partial charge is 0.368 e. The van der Waals surface area contributed by atoms with Crippen LogP contribution in [-0.2, 0) is 22.6 Å². The Morgan fingerprint density at radius 1 is 1.00 bits per heavy atom. The van der Waals surface area contributed by atoms with Crippen LogP contribution in [0.4, 0.5) is 11.4 Å². The maximum atomic E-state index is 13.0. The Morgan fingerprint density at radius 2 is 1.65 bits per heavy atom. The number of fused-ring (bicyclic) bond motifs is 1. The molecule has 0 aromatic heterocycles. The summed E-state index contributed by atoms with van der Waals surface area (Å²) in [5, 5.41) is 11.3. The first kappa shape index (κ1) is 20.8. The Kier molecular flexibility index (Phi) is 5.85. The van der Waals surface area contributed by atoms with E-state index in [0.29, 0.717) is 44.8 Å². The molecule has 0 bridgehead atoms. The molecule has 1 fully saturated rings. The summed E-state index contributed by atoms with van der Waals surface area (Å²) in [6, 6.07) is 14.0. The molecule has 9 nitrogen and oxygen atoms in total. The summed E-state index contributed by atoms with van der Waals surface area (Å²) in [5.74, 6) is -0.489. The molecule has 2 aliphatic rings. The zero-order valence-corrected chi connectivity index (χ0v) is 17.1. The van der Waals surface area contributed by atoms with E-state index in [1.54, 1.807) is 23.1 Å². The van der Waals surface area contributed by atoms with Crippen molar-refractivity contribution >= 4 is 23.2 Å². The van der Waals surface area contributed by atoms with Gasteiger partial charge < -0.3 is 15.5 Å². The number of hydrogen-bond acceptors (Lipinski definition) is 6. The SMILES string of the molecule is NC(=O)[C@H]1Cc2ccccc2CN1CC(=O)N1CCN(c2ccccc2[N+](=O)[O-])CC1. The highest BCUT2D eigenvalue weighted by Crippen LogP contribution is 2.28. The summed E-state index contributed by atoms with van der Waals surface area (Å²) in [6.45, 7) is 2.59. The first-order chi connectivity index (χ1) is 14.9. The van der Waals surface area contributed by atoms with E-state index in [0.717, 1.165) is 11.1 Å². The average Bonchev–Trinajstić information content (AvgIpc) is 2.78. The van der Waals surface area contributed by atoms with E-state index < -0.39 is 11.9 Å². The fourth-order valence-electron chi connectivity index (χ4n) is 4.38. The zero-order chi connectivity index (χ0) is 22.0. The third-order valence-corrected chi connectivity index (χ3v) is 6.06. The fraction of sp³-hybridized carbons (Fsp3) is 0.364. The lowest BCUT2D eigenvalue weighted by Crippen LogP contribution is -2.55. The van der Waals surface area contributed by atoms with Crippen LogP contribution in [0.25, 0.3) is 0 Å². The van der Waals surface area contributed by atoms with E-state index in [1.807, 2.05) is 34.1 Å². The molecule has 1 atom stereocenters. The Hall–Kier alpha value is -3.46. The molecule has 2 aliphatic heterocycles. The van der Waals surface area contributed by atoms with Crippen molar-refractivity contribution in [1.82, 2.24) is 9.80 Å². The number of nitrogens with zero attached hydrogens (tertiary/aromatic N) is 4. The third-order valence-electron chi connectivity index (χ3n) is 6.06. The average molecular weight is 423 g/mol. The van der Waals surface area contributed by atoms with E-state index in [9.17, 15) is 19.7 Å². The second-order valence-electron chi connectivity index (χ2n) is 7.91. The number of para-hydroxylation sites is 2. The van der Waals surface area contributed by atoms with E-state index >= 15 is 0 Å². The number of primary amides is 1. The van der Waals surface area contributed by atoms with Crippen LogP contribution in [0.3, 0.4) is 0 Å². The van der Waals surface area contributed by atoms with Gasteiger partial charge in [0.2, 0.25) is 11.8 Å². The molecule has 2 heterocycles. The lowest BCUT2D eigenvalue weighted by atomic mass is 9.93. The van der Waals surface area contributed by atoms with Gasteiger partial charge in [-0.2, -0.15) is 0 Å². The maximum absolute atomic E-state index is 13.0. The summed E-state index contributed by atoms with van der Waals surface area (Å²) in [6.07, 6.45) is 0.504. The maximum Gasteiger partial charge on any atom is 0.292 e. The number of nitro groups is 1. The van der Waals surface area contributed by atoms with Gasteiger partial charge in [-0.25, -0.2) is 0 Å². The van der Waals surface area contributed by atoms with Crippen LogP contribution in [0, 0.1) is 10.1 Å². The summed E-state index contributed by atoms with van der Waals surface area (Å²) in [4.78, 5) is 41.4. The van der Waals surface area contributed by atoms with Gasteiger partial charge in [0.05, 0.1) is 17.5 Å². The standard InChI is InChI=1S/C22H25N5O4/c23-22(29)20-13-16-5-1-2-6-17(16)14-26(20)15-21(28)25-11-9-24(10-12-25)18-7-3-4-8-19(18)27(30)31/h1-8,20H,9-15H2,(H2,23,29)/t20-/m1/s1. The van der Waals surface area contributed by atoms with E-state index in [2.05, 4.69) is 0 Å². The Labute approximate surface area is 180 Å². The number of nitro benzene ring substituents is 1. The highest BCUT2D eigenvalue weighted by Gasteiger charge is 2.33. The fourth-order valence-corrected chi connectivity index (χ4v) is 4.38.